The zero-order valence-electron chi connectivity index (χ0n) is 12.5. The molecule has 2 heterocycles. The second-order valence-electron chi connectivity index (χ2n) is 6.69. The molecule has 1 aliphatic rings. The minimum atomic E-state index is 0.543. The first-order valence-corrected chi connectivity index (χ1v) is 7.66. The lowest BCUT2D eigenvalue weighted by atomic mass is 9.75. The molecule has 0 spiro atoms. The molecule has 20 heavy (non-hydrogen) atoms. The maximum Gasteiger partial charge on any atom is 0.160 e. The van der Waals surface area contributed by atoms with Gasteiger partial charge in [0.05, 0.1) is 0 Å². The second-order valence-corrected chi connectivity index (χ2v) is 6.69. The van der Waals surface area contributed by atoms with Crippen molar-refractivity contribution in [2.24, 2.45) is 5.41 Å². The third-order valence-electron chi connectivity index (χ3n) is 4.51. The summed E-state index contributed by atoms with van der Waals surface area (Å²) >= 11 is 0. The van der Waals surface area contributed by atoms with Crippen LogP contribution in [0.5, 0.6) is 0 Å². The Morgan fingerprint density at radius 1 is 1.25 bits per heavy atom. The summed E-state index contributed by atoms with van der Waals surface area (Å²) in [6, 6.07) is 6.70. The highest BCUT2D eigenvalue weighted by molar-refractivity contribution is 5.36. The Morgan fingerprint density at radius 2 is 2.05 bits per heavy atom. The molecule has 0 aliphatic heterocycles. The van der Waals surface area contributed by atoms with E-state index in [9.17, 15) is 0 Å². The van der Waals surface area contributed by atoms with Crippen molar-refractivity contribution in [1.82, 2.24) is 19.9 Å². The van der Waals surface area contributed by atoms with Gasteiger partial charge in [-0.05, 0) is 43.2 Å². The highest BCUT2D eigenvalue weighted by Gasteiger charge is 2.26. The zero-order chi connectivity index (χ0) is 14.0. The van der Waals surface area contributed by atoms with Crippen LogP contribution in [-0.2, 0) is 6.42 Å². The van der Waals surface area contributed by atoms with Crippen LogP contribution in [0.25, 0.3) is 5.65 Å². The fourth-order valence-corrected chi connectivity index (χ4v) is 3.05. The summed E-state index contributed by atoms with van der Waals surface area (Å²) in [6.07, 6.45) is 8.23. The maximum absolute atomic E-state index is 4.27. The Labute approximate surface area is 120 Å². The summed E-state index contributed by atoms with van der Waals surface area (Å²) < 4.78 is 2.08. The molecular weight excluding hydrogens is 248 g/mol. The molecule has 1 N–H and O–H groups in total. The van der Waals surface area contributed by atoms with Gasteiger partial charge in [-0.15, -0.1) is 10.2 Å². The van der Waals surface area contributed by atoms with Gasteiger partial charge in [0.1, 0.15) is 5.82 Å². The largest absolute Gasteiger partial charge is 0.314 e. The van der Waals surface area contributed by atoms with Gasteiger partial charge >= 0.3 is 0 Å². The van der Waals surface area contributed by atoms with Gasteiger partial charge in [-0.2, -0.15) is 0 Å². The molecule has 4 heteroatoms. The molecule has 0 bridgehead atoms. The first-order chi connectivity index (χ1) is 9.64. The van der Waals surface area contributed by atoms with E-state index in [4.69, 9.17) is 0 Å². The van der Waals surface area contributed by atoms with Crippen LogP contribution in [0.15, 0.2) is 24.4 Å². The van der Waals surface area contributed by atoms with Crippen LogP contribution < -0.4 is 5.32 Å². The minimum Gasteiger partial charge on any atom is -0.314 e. The van der Waals surface area contributed by atoms with Gasteiger partial charge in [-0.3, -0.25) is 4.40 Å². The van der Waals surface area contributed by atoms with Crippen molar-refractivity contribution >= 4 is 5.65 Å². The van der Waals surface area contributed by atoms with Crippen molar-refractivity contribution in [3.8, 4) is 0 Å². The molecule has 0 amide bonds. The quantitative estimate of drug-likeness (QED) is 0.930. The molecule has 1 aliphatic carbocycles. The lowest BCUT2D eigenvalue weighted by Crippen LogP contribution is -2.36. The second kappa shape index (κ2) is 5.52. The SMILES string of the molecule is CC1(C)CCC(NCCc2nnc3ccccn23)CC1. The van der Waals surface area contributed by atoms with Crippen molar-refractivity contribution in [1.29, 1.82) is 0 Å². The molecule has 2 aromatic rings. The van der Waals surface area contributed by atoms with E-state index >= 15 is 0 Å². The first kappa shape index (κ1) is 13.6. The van der Waals surface area contributed by atoms with Crippen molar-refractivity contribution in [3.05, 3.63) is 30.2 Å². The van der Waals surface area contributed by atoms with E-state index in [-0.39, 0.29) is 0 Å². The molecule has 0 atom stereocenters. The number of fused-ring (bicyclic) bond motifs is 1. The van der Waals surface area contributed by atoms with E-state index in [1.165, 1.54) is 25.7 Å². The van der Waals surface area contributed by atoms with Crippen molar-refractivity contribution < 1.29 is 0 Å². The molecule has 0 unspecified atom stereocenters. The van der Waals surface area contributed by atoms with E-state index in [1.807, 2.05) is 24.4 Å². The van der Waals surface area contributed by atoms with Crippen LogP contribution in [0, 0.1) is 5.41 Å². The monoisotopic (exact) mass is 272 g/mol. The lowest BCUT2D eigenvalue weighted by Gasteiger charge is -2.34. The Hall–Kier alpha value is -1.42. The van der Waals surface area contributed by atoms with Crippen LogP contribution in [0.2, 0.25) is 0 Å². The Morgan fingerprint density at radius 3 is 2.85 bits per heavy atom. The summed E-state index contributed by atoms with van der Waals surface area (Å²) in [4.78, 5) is 0. The van der Waals surface area contributed by atoms with Gasteiger partial charge in [0, 0.05) is 25.2 Å². The average molecular weight is 272 g/mol. The van der Waals surface area contributed by atoms with E-state index < -0.39 is 0 Å². The Kier molecular flexibility index (Phi) is 3.74. The number of rotatable bonds is 4. The normalized spacial score (nSPS) is 19.5. The Bertz CT molecular complexity index is 563. The molecule has 0 radical (unpaired) electrons. The van der Waals surface area contributed by atoms with Crippen LogP contribution in [0.3, 0.4) is 0 Å². The van der Waals surface area contributed by atoms with Gasteiger partial charge in [-0.25, -0.2) is 0 Å². The summed E-state index contributed by atoms with van der Waals surface area (Å²) in [6.45, 7) is 5.75. The fourth-order valence-electron chi connectivity index (χ4n) is 3.05. The summed E-state index contributed by atoms with van der Waals surface area (Å²) in [5.74, 6) is 1.05. The predicted molar refractivity (Wildman–Crippen MR) is 80.7 cm³/mol. The van der Waals surface area contributed by atoms with Gasteiger partial charge in [0.25, 0.3) is 0 Å². The van der Waals surface area contributed by atoms with E-state index in [1.54, 1.807) is 0 Å². The highest BCUT2D eigenvalue weighted by atomic mass is 15.2. The molecule has 0 saturated heterocycles. The molecule has 1 saturated carbocycles. The van der Waals surface area contributed by atoms with Gasteiger partial charge < -0.3 is 5.32 Å². The molecule has 108 valence electrons. The summed E-state index contributed by atoms with van der Waals surface area (Å²) in [5, 5.41) is 12.1. The molecule has 2 aromatic heterocycles. The van der Waals surface area contributed by atoms with Gasteiger partial charge in [0.2, 0.25) is 0 Å². The van der Waals surface area contributed by atoms with Crippen LogP contribution in [0.4, 0.5) is 0 Å². The first-order valence-electron chi connectivity index (χ1n) is 7.66. The van der Waals surface area contributed by atoms with E-state index in [0.29, 0.717) is 11.5 Å². The molecule has 1 fully saturated rings. The van der Waals surface area contributed by atoms with Crippen molar-refractivity contribution in [2.45, 2.75) is 52.0 Å². The summed E-state index contributed by atoms with van der Waals surface area (Å²) in [7, 11) is 0. The van der Waals surface area contributed by atoms with E-state index in [2.05, 4.69) is 33.8 Å². The standard InChI is InChI=1S/C16H24N4/c1-16(2)9-6-13(7-10-16)17-11-8-15-19-18-14-5-3-4-12-20(14)15/h3-5,12-13,17H,6-11H2,1-2H3. The number of pyridine rings is 1. The van der Waals surface area contributed by atoms with Gasteiger partial charge in [0.15, 0.2) is 5.65 Å². The van der Waals surface area contributed by atoms with Crippen LogP contribution in [-0.4, -0.2) is 27.2 Å². The predicted octanol–water partition coefficient (Wildman–Crippen LogP) is 2.83. The number of aromatic nitrogens is 3. The van der Waals surface area contributed by atoms with Crippen LogP contribution in [0.1, 0.15) is 45.4 Å². The minimum absolute atomic E-state index is 0.543. The van der Waals surface area contributed by atoms with E-state index in [0.717, 1.165) is 24.4 Å². The zero-order valence-corrected chi connectivity index (χ0v) is 12.5. The Balaban J connectivity index is 1.51. The number of hydrogen-bond donors (Lipinski definition) is 1. The number of nitrogens with one attached hydrogen (secondary N) is 1. The number of hydrogen-bond acceptors (Lipinski definition) is 3. The van der Waals surface area contributed by atoms with Crippen molar-refractivity contribution in [3.63, 3.8) is 0 Å². The third-order valence-corrected chi connectivity index (χ3v) is 4.51. The number of nitrogens with zero attached hydrogens (tertiary/aromatic N) is 3. The summed E-state index contributed by atoms with van der Waals surface area (Å²) in [5.41, 5.74) is 1.48. The maximum atomic E-state index is 4.27. The molecule has 0 aromatic carbocycles. The van der Waals surface area contributed by atoms with Crippen molar-refractivity contribution in [2.75, 3.05) is 6.54 Å². The molecule has 4 nitrogen and oxygen atoms in total. The third kappa shape index (κ3) is 3.01. The molecular formula is C16H24N4. The highest BCUT2D eigenvalue weighted by Crippen LogP contribution is 2.34. The smallest absolute Gasteiger partial charge is 0.160 e. The van der Waals surface area contributed by atoms with Crippen LogP contribution >= 0.6 is 0 Å². The average Bonchev–Trinajstić information content (AvgIpc) is 2.84. The van der Waals surface area contributed by atoms with Gasteiger partial charge in [-0.1, -0.05) is 19.9 Å². The lowest BCUT2D eigenvalue weighted by molar-refractivity contribution is 0.207. The molecule has 3 rings (SSSR count). The topological polar surface area (TPSA) is 42.2 Å². The fraction of sp³-hybridized carbons (Fsp3) is 0.625.